The number of amides is 2. The van der Waals surface area contributed by atoms with E-state index in [1.165, 1.54) is 7.11 Å². The summed E-state index contributed by atoms with van der Waals surface area (Å²) >= 11 is 0. The van der Waals surface area contributed by atoms with Crippen molar-refractivity contribution >= 4 is 23.0 Å². The van der Waals surface area contributed by atoms with Crippen molar-refractivity contribution < 1.29 is 27.8 Å². The number of nitrogens with one attached hydrogen (secondary N) is 3. The molecule has 3 N–H and O–H groups in total. The summed E-state index contributed by atoms with van der Waals surface area (Å²) in [5, 5.41) is 5.53. The molecule has 3 rings (SSSR count). The van der Waals surface area contributed by atoms with Gasteiger partial charge in [0.25, 0.3) is 0 Å². The molecule has 1 aromatic carbocycles. The molecule has 0 radical (unpaired) electrons. The van der Waals surface area contributed by atoms with Crippen molar-refractivity contribution in [1.82, 2.24) is 20.6 Å². The molecule has 0 spiro atoms. The van der Waals surface area contributed by atoms with Crippen LogP contribution in [0.3, 0.4) is 0 Å². The molecule has 0 saturated heterocycles. The van der Waals surface area contributed by atoms with E-state index in [2.05, 4.69) is 20.6 Å². The number of carbonyl (C=O) groups excluding carboxylic acids is 2. The van der Waals surface area contributed by atoms with Crippen molar-refractivity contribution in [2.75, 3.05) is 13.7 Å². The normalized spacial score (nSPS) is 16.9. The van der Waals surface area contributed by atoms with E-state index < -0.39 is 23.7 Å². The molecule has 1 aromatic heterocycles. The van der Waals surface area contributed by atoms with Crippen LogP contribution in [0.4, 0.5) is 13.6 Å². The van der Waals surface area contributed by atoms with Gasteiger partial charge in [-0.05, 0) is 44.4 Å². The van der Waals surface area contributed by atoms with Gasteiger partial charge in [0.05, 0.1) is 30.2 Å². The molecule has 1 aliphatic carbocycles. The Balaban J connectivity index is 1.63. The van der Waals surface area contributed by atoms with Gasteiger partial charge in [0.2, 0.25) is 11.8 Å². The number of benzene rings is 1. The van der Waals surface area contributed by atoms with Crippen molar-refractivity contribution in [3.63, 3.8) is 0 Å². The quantitative estimate of drug-likeness (QED) is 0.565. The zero-order valence-corrected chi connectivity index (χ0v) is 18.8. The maximum Gasteiger partial charge on any atom is 0.408 e. The number of alkyl carbamates (subject to hydrolysis) is 1. The van der Waals surface area contributed by atoms with E-state index in [1.807, 2.05) is 12.1 Å². The molecule has 1 unspecified atom stereocenters. The van der Waals surface area contributed by atoms with Crippen LogP contribution in [0, 0.1) is 5.92 Å². The molecule has 2 amide bonds. The monoisotopic (exact) mass is 452 g/mol. The first-order valence-corrected chi connectivity index (χ1v) is 10.6. The Morgan fingerprint density at radius 3 is 2.66 bits per heavy atom. The molecule has 1 saturated carbocycles. The summed E-state index contributed by atoms with van der Waals surface area (Å²) in [4.78, 5) is 31.8. The molecule has 1 atom stereocenters. The van der Waals surface area contributed by atoms with Crippen molar-refractivity contribution in [2.45, 2.75) is 64.1 Å². The molecule has 10 heteroatoms. The van der Waals surface area contributed by atoms with Gasteiger partial charge < -0.3 is 25.1 Å². The summed E-state index contributed by atoms with van der Waals surface area (Å²) in [7, 11) is 1.53. The van der Waals surface area contributed by atoms with Crippen LogP contribution in [0.2, 0.25) is 0 Å². The molecule has 1 heterocycles. The first-order chi connectivity index (χ1) is 14.9. The highest BCUT2D eigenvalue weighted by Gasteiger charge is 2.45. The highest BCUT2D eigenvalue weighted by molar-refractivity contribution is 5.78. The SMILES string of the molecule is COCC(NC(=O)CC1CC(F)(F)C1)c1ccc2nc(CNC(=O)OC(C)(C)C)[nH]c2c1. The summed E-state index contributed by atoms with van der Waals surface area (Å²) < 4.78 is 36.5. The Morgan fingerprint density at radius 2 is 2.03 bits per heavy atom. The highest BCUT2D eigenvalue weighted by Crippen LogP contribution is 2.44. The minimum Gasteiger partial charge on any atom is -0.444 e. The second-order valence-corrected chi connectivity index (χ2v) is 9.23. The second kappa shape index (κ2) is 9.40. The van der Waals surface area contributed by atoms with E-state index in [-0.39, 0.29) is 44.2 Å². The molecule has 0 bridgehead atoms. The Morgan fingerprint density at radius 1 is 1.31 bits per heavy atom. The number of ether oxygens (including phenoxy) is 2. The topological polar surface area (TPSA) is 105 Å². The third-order valence-corrected chi connectivity index (χ3v) is 5.07. The van der Waals surface area contributed by atoms with Crippen molar-refractivity contribution in [1.29, 1.82) is 0 Å². The van der Waals surface area contributed by atoms with Crippen molar-refractivity contribution in [3.8, 4) is 0 Å². The highest BCUT2D eigenvalue weighted by atomic mass is 19.3. The van der Waals surface area contributed by atoms with Crippen LogP contribution in [0.25, 0.3) is 11.0 Å². The lowest BCUT2D eigenvalue weighted by molar-refractivity contribution is -0.134. The summed E-state index contributed by atoms with van der Waals surface area (Å²) in [6.45, 7) is 5.76. The number of methoxy groups -OCH3 is 1. The van der Waals surface area contributed by atoms with Gasteiger partial charge in [0, 0.05) is 26.4 Å². The zero-order valence-electron chi connectivity index (χ0n) is 18.8. The van der Waals surface area contributed by atoms with E-state index in [0.717, 1.165) is 11.1 Å². The average molecular weight is 453 g/mol. The zero-order chi connectivity index (χ0) is 23.5. The van der Waals surface area contributed by atoms with Gasteiger partial charge in [0.1, 0.15) is 11.4 Å². The Bertz CT molecular complexity index is 962. The number of alkyl halides is 2. The smallest absolute Gasteiger partial charge is 0.408 e. The van der Waals surface area contributed by atoms with Crippen LogP contribution in [0.5, 0.6) is 0 Å². The number of halogens is 2. The second-order valence-electron chi connectivity index (χ2n) is 9.23. The van der Waals surface area contributed by atoms with E-state index >= 15 is 0 Å². The largest absolute Gasteiger partial charge is 0.444 e. The van der Waals surface area contributed by atoms with Gasteiger partial charge in [-0.15, -0.1) is 0 Å². The minimum atomic E-state index is -2.64. The van der Waals surface area contributed by atoms with Gasteiger partial charge >= 0.3 is 6.09 Å². The predicted octanol–water partition coefficient (Wildman–Crippen LogP) is 3.83. The van der Waals surface area contributed by atoms with Gasteiger partial charge in [-0.3, -0.25) is 4.79 Å². The third-order valence-electron chi connectivity index (χ3n) is 5.07. The van der Waals surface area contributed by atoms with Crippen LogP contribution in [0.15, 0.2) is 18.2 Å². The summed E-state index contributed by atoms with van der Waals surface area (Å²) in [6, 6.07) is 5.06. The number of H-pyrrole nitrogens is 1. The van der Waals surface area contributed by atoms with Gasteiger partial charge in [-0.25, -0.2) is 18.6 Å². The maximum atomic E-state index is 13.0. The minimum absolute atomic E-state index is 0.0720. The number of carbonyl (C=O) groups is 2. The van der Waals surface area contributed by atoms with Gasteiger partial charge in [0.15, 0.2) is 0 Å². The molecule has 1 aliphatic rings. The fraction of sp³-hybridized carbons (Fsp3) is 0.591. The number of rotatable bonds is 8. The molecule has 1 fully saturated rings. The number of imidazole rings is 1. The van der Waals surface area contributed by atoms with Crippen molar-refractivity contribution in [3.05, 3.63) is 29.6 Å². The lowest BCUT2D eigenvalue weighted by atomic mass is 9.79. The molecule has 32 heavy (non-hydrogen) atoms. The molecule has 0 aliphatic heterocycles. The Labute approximate surface area is 185 Å². The number of hydrogen-bond donors (Lipinski definition) is 3. The van der Waals surface area contributed by atoms with Gasteiger partial charge in [-0.2, -0.15) is 0 Å². The molecular weight excluding hydrogens is 422 g/mol. The van der Waals surface area contributed by atoms with Gasteiger partial charge in [-0.1, -0.05) is 6.07 Å². The number of nitrogens with zero attached hydrogens (tertiary/aromatic N) is 1. The molecule has 8 nitrogen and oxygen atoms in total. The Kier molecular flexibility index (Phi) is 7.02. The number of hydrogen-bond acceptors (Lipinski definition) is 5. The third kappa shape index (κ3) is 6.62. The molecule has 176 valence electrons. The first kappa shape index (κ1) is 23.9. The van der Waals surface area contributed by atoms with Crippen LogP contribution in [-0.2, 0) is 20.8 Å². The lowest BCUT2D eigenvalue weighted by Gasteiger charge is -2.34. The average Bonchev–Trinajstić information content (AvgIpc) is 3.05. The standard InChI is InChI=1S/C22H30F2N4O4/c1-21(2,3)32-20(30)25-11-18-26-15-6-5-14(8-16(15)27-18)17(12-31-4)28-19(29)7-13-9-22(23,24)10-13/h5-6,8,13,17H,7,9-12H2,1-4H3,(H,25,30)(H,26,27)(H,28,29). The van der Waals surface area contributed by atoms with E-state index in [1.54, 1.807) is 26.8 Å². The van der Waals surface area contributed by atoms with E-state index in [4.69, 9.17) is 9.47 Å². The van der Waals surface area contributed by atoms with E-state index in [0.29, 0.717) is 11.3 Å². The fourth-order valence-corrected chi connectivity index (χ4v) is 3.68. The van der Waals surface area contributed by atoms with Crippen LogP contribution in [-0.4, -0.2) is 47.2 Å². The number of aromatic amines is 1. The van der Waals surface area contributed by atoms with E-state index in [9.17, 15) is 18.4 Å². The number of fused-ring (bicyclic) bond motifs is 1. The maximum absolute atomic E-state index is 13.0. The van der Waals surface area contributed by atoms with Crippen molar-refractivity contribution in [2.24, 2.45) is 5.92 Å². The summed E-state index contributed by atoms with van der Waals surface area (Å²) in [5.74, 6) is -2.65. The van der Waals surface area contributed by atoms with Crippen LogP contribution in [0.1, 0.15) is 57.5 Å². The molecular formula is C22H30F2N4O4. The fourth-order valence-electron chi connectivity index (χ4n) is 3.68. The molecule has 2 aromatic rings. The lowest BCUT2D eigenvalue weighted by Crippen LogP contribution is -2.40. The Hall–Kier alpha value is -2.75. The number of aromatic nitrogens is 2. The summed E-state index contributed by atoms with van der Waals surface area (Å²) in [5.41, 5.74) is 1.64. The predicted molar refractivity (Wildman–Crippen MR) is 114 cm³/mol. The van der Waals surface area contributed by atoms with Crippen LogP contribution >= 0.6 is 0 Å². The first-order valence-electron chi connectivity index (χ1n) is 10.6. The van der Waals surface area contributed by atoms with Crippen LogP contribution < -0.4 is 10.6 Å². The summed E-state index contributed by atoms with van der Waals surface area (Å²) in [6.07, 6.45) is -0.945.